The highest BCUT2D eigenvalue weighted by Crippen LogP contribution is 2.17. The molecule has 0 atom stereocenters. The van der Waals surface area contributed by atoms with Crippen molar-refractivity contribution in [3.63, 3.8) is 0 Å². The van der Waals surface area contributed by atoms with Gasteiger partial charge in [-0.2, -0.15) is 0 Å². The van der Waals surface area contributed by atoms with E-state index in [4.69, 9.17) is 0 Å². The number of hydrogen-bond donors (Lipinski definition) is 2. The minimum absolute atomic E-state index is 0.166. The first kappa shape index (κ1) is 18.7. The SMILES string of the molecule is Cc1ccccc1CNC(=O)c1cccc(NS(=O)(=O)c2ccccc2)c1. The molecule has 0 aliphatic heterocycles. The number of carbonyl (C=O) groups excluding carboxylic acids is 1. The predicted octanol–water partition coefficient (Wildman–Crippen LogP) is 3.73. The van der Waals surface area contributed by atoms with Gasteiger partial charge in [0, 0.05) is 17.8 Å². The van der Waals surface area contributed by atoms with E-state index in [9.17, 15) is 13.2 Å². The molecule has 5 nitrogen and oxygen atoms in total. The number of carbonyl (C=O) groups is 1. The molecular formula is C21H20N2O3S. The molecule has 0 saturated carbocycles. The standard InChI is InChI=1S/C21H20N2O3S/c1-16-8-5-6-9-18(16)15-22-21(24)17-10-7-11-19(14-17)23-27(25,26)20-12-3-2-4-13-20/h2-14,23H,15H2,1H3,(H,22,24). The molecule has 0 aromatic heterocycles. The summed E-state index contributed by atoms with van der Waals surface area (Å²) in [5, 5.41) is 2.86. The van der Waals surface area contributed by atoms with E-state index in [2.05, 4.69) is 10.0 Å². The molecular weight excluding hydrogens is 360 g/mol. The molecule has 0 radical (unpaired) electrons. The van der Waals surface area contributed by atoms with Crippen LogP contribution in [-0.4, -0.2) is 14.3 Å². The van der Waals surface area contributed by atoms with E-state index in [0.29, 0.717) is 17.8 Å². The highest BCUT2D eigenvalue weighted by molar-refractivity contribution is 7.92. The molecule has 0 spiro atoms. The summed E-state index contributed by atoms with van der Waals surface area (Å²) in [6.07, 6.45) is 0. The largest absolute Gasteiger partial charge is 0.348 e. The lowest BCUT2D eigenvalue weighted by Gasteiger charge is -2.11. The molecule has 0 aliphatic carbocycles. The molecule has 3 rings (SSSR count). The number of aryl methyl sites for hydroxylation is 1. The van der Waals surface area contributed by atoms with Crippen molar-refractivity contribution in [2.45, 2.75) is 18.4 Å². The molecule has 1 amide bonds. The van der Waals surface area contributed by atoms with Crippen LogP contribution in [0.5, 0.6) is 0 Å². The molecule has 0 bridgehead atoms. The Morgan fingerprint density at radius 3 is 2.33 bits per heavy atom. The highest BCUT2D eigenvalue weighted by atomic mass is 32.2. The van der Waals surface area contributed by atoms with Crippen molar-refractivity contribution in [1.82, 2.24) is 5.32 Å². The van der Waals surface area contributed by atoms with Gasteiger partial charge in [0.1, 0.15) is 0 Å². The van der Waals surface area contributed by atoms with Crippen molar-refractivity contribution in [3.05, 3.63) is 95.6 Å². The minimum atomic E-state index is -3.70. The number of nitrogens with one attached hydrogen (secondary N) is 2. The zero-order chi connectivity index (χ0) is 19.3. The van der Waals surface area contributed by atoms with Gasteiger partial charge in [0.25, 0.3) is 15.9 Å². The monoisotopic (exact) mass is 380 g/mol. The Balaban J connectivity index is 1.72. The van der Waals surface area contributed by atoms with Gasteiger partial charge in [-0.1, -0.05) is 48.5 Å². The van der Waals surface area contributed by atoms with E-state index in [1.165, 1.54) is 18.2 Å². The van der Waals surface area contributed by atoms with Gasteiger partial charge in [-0.05, 0) is 48.4 Å². The van der Waals surface area contributed by atoms with E-state index in [1.807, 2.05) is 31.2 Å². The molecule has 6 heteroatoms. The summed E-state index contributed by atoms with van der Waals surface area (Å²) in [7, 11) is -3.70. The van der Waals surface area contributed by atoms with Gasteiger partial charge in [0.15, 0.2) is 0 Å². The Kier molecular flexibility index (Phi) is 5.57. The highest BCUT2D eigenvalue weighted by Gasteiger charge is 2.14. The van der Waals surface area contributed by atoms with Gasteiger partial charge >= 0.3 is 0 Å². The second-order valence-electron chi connectivity index (χ2n) is 6.11. The Bertz CT molecular complexity index is 1050. The smallest absolute Gasteiger partial charge is 0.261 e. The number of amides is 1. The third-order valence-corrected chi connectivity index (χ3v) is 5.53. The lowest BCUT2D eigenvalue weighted by molar-refractivity contribution is 0.0951. The molecule has 2 N–H and O–H groups in total. The number of hydrogen-bond acceptors (Lipinski definition) is 3. The molecule has 0 fully saturated rings. The van der Waals surface area contributed by atoms with Crippen molar-refractivity contribution in [2.75, 3.05) is 4.72 Å². The van der Waals surface area contributed by atoms with Crippen LogP contribution in [0.25, 0.3) is 0 Å². The van der Waals surface area contributed by atoms with Gasteiger partial charge in [-0.3, -0.25) is 9.52 Å². The van der Waals surface area contributed by atoms with Crippen molar-refractivity contribution < 1.29 is 13.2 Å². The van der Waals surface area contributed by atoms with Gasteiger partial charge in [-0.15, -0.1) is 0 Å². The molecule has 27 heavy (non-hydrogen) atoms. The van der Waals surface area contributed by atoms with Crippen LogP contribution in [0, 0.1) is 6.92 Å². The van der Waals surface area contributed by atoms with Crippen LogP contribution >= 0.6 is 0 Å². The van der Waals surface area contributed by atoms with Crippen molar-refractivity contribution in [2.24, 2.45) is 0 Å². The zero-order valence-electron chi connectivity index (χ0n) is 14.8. The Hall–Kier alpha value is -3.12. The number of sulfonamides is 1. The quantitative estimate of drug-likeness (QED) is 0.684. The summed E-state index contributed by atoms with van der Waals surface area (Å²) in [5.41, 5.74) is 2.85. The van der Waals surface area contributed by atoms with E-state index in [0.717, 1.165) is 11.1 Å². The van der Waals surface area contributed by atoms with Crippen molar-refractivity contribution in [1.29, 1.82) is 0 Å². The zero-order valence-corrected chi connectivity index (χ0v) is 15.7. The predicted molar refractivity (Wildman–Crippen MR) is 106 cm³/mol. The van der Waals surface area contributed by atoms with E-state index in [-0.39, 0.29) is 10.8 Å². The number of benzene rings is 3. The maximum Gasteiger partial charge on any atom is 0.261 e. The van der Waals surface area contributed by atoms with Gasteiger partial charge in [0.05, 0.1) is 4.90 Å². The maximum atomic E-state index is 12.4. The van der Waals surface area contributed by atoms with Gasteiger partial charge < -0.3 is 5.32 Å². The minimum Gasteiger partial charge on any atom is -0.348 e. The first-order chi connectivity index (χ1) is 13.0. The molecule has 0 aliphatic rings. The topological polar surface area (TPSA) is 75.3 Å². The molecule has 0 unspecified atom stereocenters. The third kappa shape index (κ3) is 4.74. The van der Waals surface area contributed by atoms with E-state index < -0.39 is 10.0 Å². The average Bonchev–Trinajstić information content (AvgIpc) is 2.68. The summed E-state index contributed by atoms with van der Waals surface area (Å²) in [4.78, 5) is 12.6. The number of rotatable bonds is 6. The molecule has 3 aromatic carbocycles. The fourth-order valence-electron chi connectivity index (χ4n) is 2.62. The van der Waals surface area contributed by atoms with Crippen LogP contribution < -0.4 is 10.0 Å². The Labute approximate surface area is 159 Å². The first-order valence-electron chi connectivity index (χ1n) is 8.46. The van der Waals surface area contributed by atoms with Crippen LogP contribution in [0.1, 0.15) is 21.5 Å². The van der Waals surface area contributed by atoms with Gasteiger partial charge in [0.2, 0.25) is 0 Å². The van der Waals surface area contributed by atoms with Crippen LogP contribution in [0.2, 0.25) is 0 Å². The van der Waals surface area contributed by atoms with Crippen molar-refractivity contribution >= 4 is 21.6 Å². The van der Waals surface area contributed by atoms with E-state index in [1.54, 1.807) is 36.4 Å². The number of anilines is 1. The normalized spacial score (nSPS) is 11.0. The van der Waals surface area contributed by atoms with Crippen LogP contribution in [-0.2, 0) is 16.6 Å². The summed E-state index contributed by atoms with van der Waals surface area (Å²) in [6, 6.07) is 22.3. The average molecular weight is 380 g/mol. The fourth-order valence-corrected chi connectivity index (χ4v) is 3.69. The summed E-state index contributed by atoms with van der Waals surface area (Å²) in [6.45, 7) is 2.39. The molecule has 138 valence electrons. The summed E-state index contributed by atoms with van der Waals surface area (Å²) >= 11 is 0. The lowest BCUT2D eigenvalue weighted by atomic mass is 10.1. The lowest BCUT2D eigenvalue weighted by Crippen LogP contribution is -2.23. The van der Waals surface area contributed by atoms with Crippen molar-refractivity contribution in [3.8, 4) is 0 Å². The molecule has 0 saturated heterocycles. The van der Waals surface area contributed by atoms with Gasteiger partial charge in [-0.25, -0.2) is 8.42 Å². The fraction of sp³-hybridized carbons (Fsp3) is 0.0952. The molecule has 3 aromatic rings. The second kappa shape index (κ2) is 8.05. The maximum absolute atomic E-state index is 12.4. The summed E-state index contributed by atoms with van der Waals surface area (Å²) < 4.78 is 27.3. The Morgan fingerprint density at radius 1 is 0.889 bits per heavy atom. The third-order valence-electron chi connectivity index (χ3n) is 4.13. The van der Waals surface area contributed by atoms with Crippen LogP contribution in [0.15, 0.2) is 83.8 Å². The summed E-state index contributed by atoms with van der Waals surface area (Å²) in [5.74, 6) is -0.265. The van der Waals surface area contributed by atoms with Crippen LogP contribution in [0.3, 0.4) is 0 Å². The Morgan fingerprint density at radius 2 is 1.59 bits per heavy atom. The van der Waals surface area contributed by atoms with Crippen LogP contribution in [0.4, 0.5) is 5.69 Å². The second-order valence-corrected chi connectivity index (χ2v) is 7.79. The van der Waals surface area contributed by atoms with E-state index >= 15 is 0 Å². The first-order valence-corrected chi connectivity index (χ1v) is 9.95. The molecule has 0 heterocycles.